The standard InChI is InChI=1S/C25H22ClF3N4O5/c1-31-20(35)13-32(16-9-17(34)10-16)23(36)21-22(31)30-24(33(21)12-14-5-7-15(26)8-6-14)37-18-3-2-4-19(11-18)38-25(27,28)29/h2-8,11,16-17,34H,9-10,12-13H2,1H3/t16-,17-. The first-order chi connectivity index (χ1) is 18.0. The number of aliphatic hydroxyl groups excluding tert-OH is 1. The molecule has 5 rings (SSSR count). The van der Waals surface area contributed by atoms with Crippen LogP contribution in [0.25, 0.3) is 0 Å². The maximum atomic E-state index is 13.8. The van der Waals surface area contributed by atoms with Gasteiger partial charge in [0.05, 0.1) is 12.6 Å². The third-order valence-electron chi connectivity index (χ3n) is 6.41. The summed E-state index contributed by atoms with van der Waals surface area (Å²) in [5, 5.41) is 10.3. The number of likely N-dealkylation sites (N-methyl/N-ethyl adjacent to an activating group) is 1. The maximum Gasteiger partial charge on any atom is 0.573 e. The number of carbonyl (C=O) groups is 2. The molecule has 1 aliphatic heterocycles. The van der Waals surface area contributed by atoms with Crippen LogP contribution in [-0.4, -0.2) is 63.5 Å². The minimum absolute atomic E-state index is 0.0235. The largest absolute Gasteiger partial charge is 0.573 e. The van der Waals surface area contributed by atoms with Crippen LogP contribution in [0.3, 0.4) is 0 Å². The number of aliphatic hydroxyl groups is 1. The van der Waals surface area contributed by atoms with Crippen molar-refractivity contribution in [2.75, 3.05) is 18.5 Å². The van der Waals surface area contributed by atoms with E-state index in [9.17, 15) is 27.9 Å². The van der Waals surface area contributed by atoms with Crippen LogP contribution in [0.15, 0.2) is 48.5 Å². The molecular weight excluding hydrogens is 529 g/mol. The smallest absolute Gasteiger partial charge is 0.425 e. The van der Waals surface area contributed by atoms with Crippen molar-refractivity contribution in [3.05, 3.63) is 64.8 Å². The quantitative estimate of drug-likeness (QED) is 0.494. The van der Waals surface area contributed by atoms with Crippen LogP contribution >= 0.6 is 11.6 Å². The molecule has 3 aromatic rings. The molecule has 0 spiro atoms. The average molecular weight is 551 g/mol. The molecule has 0 atom stereocenters. The van der Waals surface area contributed by atoms with E-state index in [0.29, 0.717) is 17.9 Å². The van der Waals surface area contributed by atoms with E-state index in [2.05, 4.69) is 9.72 Å². The lowest BCUT2D eigenvalue weighted by Crippen LogP contribution is -2.52. The number of imidazole rings is 1. The van der Waals surface area contributed by atoms with Gasteiger partial charge in [0.1, 0.15) is 18.0 Å². The van der Waals surface area contributed by atoms with E-state index in [4.69, 9.17) is 16.3 Å². The van der Waals surface area contributed by atoms with Crippen molar-refractivity contribution >= 4 is 29.2 Å². The summed E-state index contributed by atoms with van der Waals surface area (Å²) in [6.07, 6.45) is -4.75. The van der Waals surface area contributed by atoms with Gasteiger partial charge in [-0.25, -0.2) is 0 Å². The Bertz CT molecular complexity index is 1370. The molecule has 1 aromatic heterocycles. The van der Waals surface area contributed by atoms with E-state index in [1.54, 1.807) is 24.3 Å². The van der Waals surface area contributed by atoms with Crippen molar-refractivity contribution in [1.82, 2.24) is 14.5 Å². The fraction of sp³-hybridized carbons (Fsp3) is 0.320. The molecule has 9 nitrogen and oxygen atoms in total. The second kappa shape index (κ2) is 9.84. The number of ether oxygens (including phenoxy) is 2. The molecule has 0 bridgehead atoms. The van der Waals surface area contributed by atoms with Crippen molar-refractivity contribution in [2.45, 2.75) is 37.9 Å². The second-order valence-electron chi connectivity index (χ2n) is 9.07. The van der Waals surface area contributed by atoms with Gasteiger partial charge in [0.15, 0.2) is 11.5 Å². The Morgan fingerprint density at radius 1 is 1.11 bits per heavy atom. The van der Waals surface area contributed by atoms with Crippen LogP contribution in [0, 0.1) is 0 Å². The molecule has 2 heterocycles. The highest BCUT2D eigenvalue weighted by atomic mass is 35.5. The van der Waals surface area contributed by atoms with Gasteiger partial charge in [0.2, 0.25) is 5.91 Å². The zero-order valence-corrected chi connectivity index (χ0v) is 20.7. The molecule has 0 radical (unpaired) electrons. The lowest BCUT2D eigenvalue weighted by Gasteiger charge is -2.39. The van der Waals surface area contributed by atoms with Crippen LogP contribution in [-0.2, 0) is 11.3 Å². The Hall–Kier alpha value is -3.77. The van der Waals surface area contributed by atoms with Gasteiger partial charge < -0.3 is 19.5 Å². The highest BCUT2D eigenvalue weighted by molar-refractivity contribution is 6.30. The zero-order valence-electron chi connectivity index (χ0n) is 20.0. The molecule has 1 N–H and O–H groups in total. The monoisotopic (exact) mass is 550 g/mol. The van der Waals surface area contributed by atoms with Crippen molar-refractivity contribution in [3.63, 3.8) is 0 Å². The molecule has 0 unspecified atom stereocenters. The third-order valence-corrected chi connectivity index (χ3v) is 6.66. The van der Waals surface area contributed by atoms with Gasteiger partial charge in [-0.2, -0.15) is 4.98 Å². The minimum Gasteiger partial charge on any atom is -0.425 e. The summed E-state index contributed by atoms with van der Waals surface area (Å²) in [5.74, 6) is -1.33. The number of fused-ring (bicyclic) bond motifs is 1. The van der Waals surface area contributed by atoms with E-state index < -0.39 is 24.1 Å². The molecule has 2 aliphatic rings. The SMILES string of the molecule is CN1C(=O)CN([C@H]2C[C@H](O)C2)C(=O)c2c1nc(Oc1cccc(OC(F)(F)F)c1)n2Cc1ccc(Cl)cc1. The summed E-state index contributed by atoms with van der Waals surface area (Å²) in [7, 11) is 1.48. The normalized spacial score (nSPS) is 19.6. The lowest BCUT2D eigenvalue weighted by molar-refractivity contribution is -0.274. The number of nitrogens with zero attached hydrogens (tertiary/aromatic N) is 4. The summed E-state index contributed by atoms with van der Waals surface area (Å²) in [6, 6.07) is 11.3. The minimum atomic E-state index is -4.89. The maximum absolute atomic E-state index is 13.8. The van der Waals surface area contributed by atoms with Crippen LogP contribution in [0.5, 0.6) is 17.5 Å². The van der Waals surface area contributed by atoms with Crippen LogP contribution in [0.2, 0.25) is 5.02 Å². The van der Waals surface area contributed by atoms with Gasteiger partial charge in [-0.1, -0.05) is 29.8 Å². The van der Waals surface area contributed by atoms with E-state index in [1.807, 2.05) is 0 Å². The number of benzene rings is 2. The van der Waals surface area contributed by atoms with Gasteiger partial charge in [0, 0.05) is 24.2 Å². The molecule has 1 aliphatic carbocycles. The molecule has 13 heteroatoms. The molecule has 0 saturated heterocycles. The third kappa shape index (κ3) is 5.27. The summed E-state index contributed by atoms with van der Waals surface area (Å²) in [5.41, 5.74) is 0.803. The number of carbonyl (C=O) groups excluding carboxylic acids is 2. The Kier molecular flexibility index (Phi) is 6.70. The second-order valence-corrected chi connectivity index (χ2v) is 9.51. The van der Waals surface area contributed by atoms with E-state index in [1.165, 1.54) is 33.5 Å². The number of aromatic nitrogens is 2. The van der Waals surface area contributed by atoms with Gasteiger partial charge in [0.25, 0.3) is 5.91 Å². The summed E-state index contributed by atoms with van der Waals surface area (Å²) in [6.45, 7) is -0.0977. The molecule has 2 aromatic carbocycles. The number of alkyl halides is 3. The first kappa shape index (κ1) is 25.9. The number of hydrogen-bond donors (Lipinski definition) is 1. The van der Waals surface area contributed by atoms with Crippen LogP contribution in [0.1, 0.15) is 28.9 Å². The lowest BCUT2D eigenvalue weighted by atomic mass is 9.88. The topological polar surface area (TPSA) is 97.1 Å². The van der Waals surface area contributed by atoms with Crippen molar-refractivity contribution < 1.29 is 37.3 Å². The number of rotatable bonds is 6. The number of halogens is 4. The Morgan fingerprint density at radius 3 is 2.45 bits per heavy atom. The van der Waals surface area contributed by atoms with Gasteiger partial charge in [-0.15, -0.1) is 13.2 Å². The highest BCUT2D eigenvalue weighted by Gasteiger charge is 2.42. The van der Waals surface area contributed by atoms with Crippen molar-refractivity contribution in [1.29, 1.82) is 0 Å². The van der Waals surface area contributed by atoms with Gasteiger partial charge in [-0.05, 0) is 42.7 Å². The Labute approximate surface area is 219 Å². The fourth-order valence-electron chi connectivity index (χ4n) is 4.39. The van der Waals surface area contributed by atoms with E-state index in [-0.39, 0.29) is 48.3 Å². The molecule has 1 saturated carbocycles. The van der Waals surface area contributed by atoms with Crippen molar-refractivity contribution in [3.8, 4) is 17.5 Å². The summed E-state index contributed by atoms with van der Waals surface area (Å²) < 4.78 is 49.5. The summed E-state index contributed by atoms with van der Waals surface area (Å²) >= 11 is 6.01. The van der Waals surface area contributed by atoms with Crippen molar-refractivity contribution in [2.24, 2.45) is 0 Å². The Balaban J connectivity index is 1.58. The zero-order chi connectivity index (χ0) is 27.2. The highest BCUT2D eigenvalue weighted by Crippen LogP contribution is 2.36. The summed E-state index contributed by atoms with van der Waals surface area (Å²) in [4.78, 5) is 33.8. The van der Waals surface area contributed by atoms with Crippen LogP contribution in [0.4, 0.5) is 19.0 Å². The molecule has 1 fully saturated rings. The fourth-order valence-corrected chi connectivity index (χ4v) is 4.51. The number of anilines is 1. The number of hydrogen-bond acceptors (Lipinski definition) is 6. The van der Waals surface area contributed by atoms with Gasteiger partial charge >= 0.3 is 12.4 Å². The molecule has 200 valence electrons. The predicted molar refractivity (Wildman–Crippen MR) is 129 cm³/mol. The molecule has 38 heavy (non-hydrogen) atoms. The van der Waals surface area contributed by atoms with Gasteiger partial charge in [-0.3, -0.25) is 19.1 Å². The van der Waals surface area contributed by atoms with E-state index in [0.717, 1.165) is 17.7 Å². The average Bonchev–Trinajstić information content (AvgIpc) is 3.13. The first-order valence-electron chi connectivity index (χ1n) is 11.6. The Morgan fingerprint density at radius 2 is 1.79 bits per heavy atom. The van der Waals surface area contributed by atoms with E-state index >= 15 is 0 Å². The first-order valence-corrected chi connectivity index (χ1v) is 12.0. The predicted octanol–water partition coefficient (Wildman–Crippen LogP) is 4.22. The molecular formula is C25H22ClF3N4O5. The molecule has 2 amide bonds. The number of amides is 2. The van der Waals surface area contributed by atoms with Crippen LogP contribution < -0.4 is 14.4 Å².